The molecule has 0 fully saturated rings. The lowest BCUT2D eigenvalue weighted by Gasteiger charge is -2.02. The van der Waals surface area contributed by atoms with E-state index in [2.05, 4.69) is 41.2 Å². The molecule has 0 radical (unpaired) electrons. The number of benzene rings is 1. The van der Waals surface area contributed by atoms with Gasteiger partial charge < -0.3 is 21.0 Å². The van der Waals surface area contributed by atoms with Crippen molar-refractivity contribution in [3.05, 3.63) is 48.1 Å². The second-order valence-electron chi connectivity index (χ2n) is 4.71. The predicted molar refractivity (Wildman–Crippen MR) is 81.7 cm³/mol. The van der Waals surface area contributed by atoms with Crippen LogP contribution in [0.2, 0.25) is 0 Å². The second-order valence-corrected chi connectivity index (χ2v) is 4.71. The largest absolute Gasteiger partial charge is 0.403 e. The van der Waals surface area contributed by atoms with Crippen LogP contribution in [-0.4, -0.2) is 14.5 Å². The van der Waals surface area contributed by atoms with Crippen LogP contribution in [0.1, 0.15) is 11.3 Å². The number of aromatic nitrogens is 3. The third-order valence-corrected chi connectivity index (χ3v) is 3.46. The molecule has 0 unspecified atom stereocenters. The van der Waals surface area contributed by atoms with Gasteiger partial charge in [0.15, 0.2) is 0 Å². The Morgan fingerprint density at radius 1 is 1.40 bits per heavy atom. The van der Waals surface area contributed by atoms with E-state index in [-0.39, 0.29) is 0 Å². The fourth-order valence-corrected chi connectivity index (χ4v) is 2.47. The van der Waals surface area contributed by atoms with E-state index in [1.807, 2.05) is 4.57 Å². The molecule has 3 aromatic rings. The molecule has 0 aliphatic carbocycles. The number of imidazole rings is 1. The number of para-hydroxylation sites is 1. The number of rotatable bonds is 3. The Hall–Kier alpha value is -2.53. The normalized spacial score (nSPS) is 11.7. The number of nitrogens with one attached hydrogen (secondary N) is 1. The highest BCUT2D eigenvalue weighted by Gasteiger charge is 2.13. The van der Waals surface area contributed by atoms with Crippen molar-refractivity contribution in [1.82, 2.24) is 14.5 Å². The van der Waals surface area contributed by atoms with Crippen molar-refractivity contribution in [2.24, 2.45) is 11.5 Å². The van der Waals surface area contributed by atoms with Gasteiger partial charge in [-0.2, -0.15) is 0 Å². The van der Waals surface area contributed by atoms with E-state index in [0.29, 0.717) is 6.54 Å². The van der Waals surface area contributed by atoms with Gasteiger partial charge in [-0.05, 0) is 18.6 Å². The Kier molecular flexibility index (Phi) is 3.04. The first-order chi connectivity index (χ1) is 9.74. The standard InChI is InChI=1S/C15H17N5/c1-10-3-2-4-11-7-12(19-14(10)11)15-13(8-17)20(6-5-16)9-18-15/h2-7,9,19H,8,16-17H2,1H3/b6-5-. The summed E-state index contributed by atoms with van der Waals surface area (Å²) in [5.41, 5.74) is 16.4. The molecule has 0 saturated heterocycles. The minimum atomic E-state index is 0.397. The Balaban J connectivity index is 2.18. The average Bonchev–Trinajstić information content (AvgIpc) is 3.03. The van der Waals surface area contributed by atoms with Crippen molar-refractivity contribution in [2.75, 3.05) is 0 Å². The number of aryl methyl sites for hydroxylation is 1. The number of aromatic amines is 1. The van der Waals surface area contributed by atoms with E-state index >= 15 is 0 Å². The van der Waals surface area contributed by atoms with E-state index in [1.165, 1.54) is 17.1 Å². The zero-order valence-electron chi connectivity index (χ0n) is 11.3. The van der Waals surface area contributed by atoms with Crippen LogP contribution in [0, 0.1) is 6.92 Å². The zero-order chi connectivity index (χ0) is 14.1. The van der Waals surface area contributed by atoms with Crippen LogP contribution in [0.4, 0.5) is 0 Å². The Bertz CT molecular complexity index is 779. The molecule has 0 spiro atoms. The number of H-pyrrole nitrogens is 1. The number of nitrogens with zero attached hydrogens (tertiary/aromatic N) is 2. The first-order valence-corrected chi connectivity index (χ1v) is 6.47. The maximum atomic E-state index is 5.84. The Morgan fingerprint density at radius 2 is 2.25 bits per heavy atom. The fraction of sp³-hybridized carbons (Fsp3) is 0.133. The summed E-state index contributed by atoms with van der Waals surface area (Å²) in [5.74, 6) is 0. The van der Waals surface area contributed by atoms with Crippen molar-refractivity contribution in [3.8, 4) is 11.4 Å². The van der Waals surface area contributed by atoms with Gasteiger partial charge in [0.25, 0.3) is 0 Å². The highest BCUT2D eigenvalue weighted by atomic mass is 15.1. The van der Waals surface area contributed by atoms with E-state index in [9.17, 15) is 0 Å². The van der Waals surface area contributed by atoms with Crippen LogP contribution in [0.25, 0.3) is 28.5 Å². The van der Waals surface area contributed by atoms with Crippen molar-refractivity contribution >= 4 is 17.1 Å². The molecule has 0 atom stereocenters. The lowest BCUT2D eigenvalue weighted by molar-refractivity contribution is 0.944. The molecule has 2 aromatic heterocycles. The topological polar surface area (TPSA) is 85.7 Å². The third-order valence-electron chi connectivity index (χ3n) is 3.46. The van der Waals surface area contributed by atoms with E-state index in [0.717, 1.165) is 22.6 Å². The summed E-state index contributed by atoms with van der Waals surface area (Å²) in [6.07, 6.45) is 4.94. The number of hydrogen-bond donors (Lipinski definition) is 3. The quantitative estimate of drug-likeness (QED) is 0.680. The Labute approximate surface area is 116 Å². The molecule has 1 aromatic carbocycles. The van der Waals surface area contributed by atoms with Crippen LogP contribution >= 0.6 is 0 Å². The van der Waals surface area contributed by atoms with Gasteiger partial charge in [-0.15, -0.1) is 0 Å². The summed E-state index contributed by atoms with van der Waals surface area (Å²) in [7, 11) is 0. The van der Waals surface area contributed by atoms with E-state index in [1.54, 1.807) is 12.5 Å². The van der Waals surface area contributed by atoms with Gasteiger partial charge in [-0.25, -0.2) is 4.98 Å². The summed E-state index contributed by atoms with van der Waals surface area (Å²) in [5, 5.41) is 1.17. The number of hydrogen-bond acceptors (Lipinski definition) is 3. The minimum absolute atomic E-state index is 0.397. The second kappa shape index (κ2) is 4.86. The summed E-state index contributed by atoms with van der Waals surface area (Å²) in [6.45, 7) is 2.48. The van der Waals surface area contributed by atoms with Crippen LogP contribution in [0.3, 0.4) is 0 Å². The molecular formula is C15H17N5. The zero-order valence-corrected chi connectivity index (χ0v) is 11.3. The van der Waals surface area contributed by atoms with Gasteiger partial charge in [-0.1, -0.05) is 18.2 Å². The van der Waals surface area contributed by atoms with Crippen molar-refractivity contribution in [2.45, 2.75) is 13.5 Å². The molecule has 5 heteroatoms. The van der Waals surface area contributed by atoms with Crippen molar-refractivity contribution in [3.63, 3.8) is 0 Å². The van der Waals surface area contributed by atoms with Gasteiger partial charge in [0, 0.05) is 29.8 Å². The van der Waals surface area contributed by atoms with Gasteiger partial charge >= 0.3 is 0 Å². The van der Waals surface area contributed by atoms with Crippen LogP contribution in [-0.2, 0) is 6.54 Å². The molecule has 102 valence electrons. The third kappa shape index (κ3) is 1.88. The first kappa shape index (κ1) is 12.5. The molecule has 5 nitrogen and oxygen atoms in total. The summed E-state index contributed by atoms with van der Waals surface area (Å²) in [6, 6.07) is 8.32. The van der Waals surface area contributed by atoms with Crippen molar-refractivity contribution < 1.29 is 0 Å². The molecule has 0 amide bonds. The predicted octanol–water partition coefficient (Wildman–Crippen LogP) is 2.19. The Morgan fingerprint density at radius 3 is 2.95 bits per heavy atom. The smallest absolute Gasteiger partial charge is 0.109 e. The first-order valence-electron chi connectivity index (χ1n) is 6.47. The average molecular weight is 267 g/mol. The molecule has 5 N–H and O–H groups in total. The van der Waals surface area contributed by atoms with E-state index in [4.69, 9.17) is 11.5 Å². The number of fused-ring (bicyclic) bond motifs is 1. The highest BCUT2D eigenvalue weighted by molar-refractivity contribution is 5.87. The molecule has 20 heavy (non-hydrogen) atoms. The maximum absolute atomic E-state index is 5.84. The molecule has 0 aliphatic heterocycles. The summed E-state index contributed by atoms with van der Waals surface area (Å²) >= 11 is 0. The summed E-state index contributed by atoms with van der Waals surface area (Å²) in [4.78, 5) is 7.87. The van der Waals surface area contributed by atoms with Gasteiger partial charge in [-0.3, -0.25) is 0 Å². The van der Waals surface area contributed by atoms with E-state index < -0.39 is 0 Å². The number of nitrogens with two attached hydrogens (primary N) is 2. The molecular weight excluding hydrogens is 250 g/mol. The monoisotopic (exact) mass is 267 g/mol. The van der Waals surface area contributed by atoms with Gasteiger partial charge in [0.05, 0.1) is 17.7 Å². The SMILES string of the molecule is Cc1cccc2cc(-c3ncn(/C=C\N)c3CN)[nH]c12. The van der Waals surface area contributed by atoms with Crippen LogP contribution in [0.5, 0.6) is 0 Å². The maximum Gasteiger partial charge on any atom is 0.109 e. The molecule has 0 bridgehead atoms. The van der Waals surface area contributed by atoms with Crippen molar-refractivity contribution in [1.29, 1.82) is 0 Å². The van der Waals surface area contributed by atoms with Gasteiger partial charge in [0.1, 0.15) is 5.69 Å². The fourth-order valence-electron chi connectivity index (χ4n) is 2.47. The minimum Gasteiger partial charge on any atom is -0.403 e. The van der Waals surface area contributed by atoms with Crippen LogP contribution in [0.15, 0.2) is 36.8 Å². The summed E-state index contributed by atoms with van der Waals surface area (Å²) < 4.78 is 1.84. The molecule has 0 saturated carbocycles. The molecule has 0 aliphatic rings. The van der Waals surface area contributed by atoms with Gasteiger partial charge in [0.2, 0.25) is 0 Å². The lowest BCUT2D eigenvalue weighted by Crippen LogP contribution is -2.04. The lowest BCUT2D eigenvalue weighted by atomic mass is 10.1. The highest BCUT2D eigenvalue weighted by Crippen LogP contribution is 2.27. The van der Waals surface area contributed by atoms with Crippen LogP contribution < -0.4 is 11.5 Å². The molecule has 3 rings (SSSR count). The molecule has 2 heterocycles.